The highest BCUT2D eigenvalue weighted by Gasteiger charge is 2.24. The van der Waals surface area contributed by atoms with Gasteiger partial charge < -0.3 is 15.8 Å². The van der Waals surface area contributed by atoms with Crippen LogP contribution in [0.4, 0.5) is 20.4 Å². The second-order valence-electron chi connectivity index (χ2n) is 8.09. The zero-order chi connectivity index (χ0) is 28.1. The first-order chi connectivity index (χ1) is 18.7. The van der Waals surface area contributed by atoms with Crippen LogP contribution in [0.3, 0.4) is 0 Å². The second-order valence-corrected chi connectivity index (χ2v) is 8.50. The minimum atomic E-state index is -0.885. The first kappa shape index (κ1) is 27.4. The molecular weight excluding hydrogens is 528 g/mol. The Bertz CT molecular complexity index is 1710. The number of nitrogens with two attached hydrogens (primary N) is 1. The fraction of sp³-hybridized carbons (Fsp3) is 0.148. The number of rotatable bonds is 7. The maximum Gasteiger partial charge on any atom is 0.267 e. The molecule has 12 heteroatoms. The van der Waals surface area contributed by atoms with Crippen LogP contribution in [-0.4, -0.2) is 39.5 Å². The smallest absolute Gasteiger partial charge is 0.267 e. The fourth-order valence-electron chi connectivity index (χ4n) is 3.83. The lowest BCUT2D eigenvalue weighted by Gasteiger charge is -2.23. The molecule has 198 valence electrons. The molecule has 2 aromatic heterocycles. The lowest BCUT2D eigenvalue weighted by atomic mass is 10.1. The first-order valence-electron chi connectivity index (χ1n) is 11.5. The van der Waals surface area contributed by atoms with Crippen molar-refractivity contribution in [1.29, 1.82) is 0 Å². The lowest BCUT2D eigenvalue weighted by molar-refractivity contribution is 0.183. The Morgan fingerprint density at radius 3 is 2.74 bits per heavy atom. The molecule has 9 nitrogen and oxygen atoms in total. The third-order valence-corrected chi connectivity index (χ3v) is 5.74. The molecule has 0 amide bonds. The van der Waals surface area contributed by atoms with Crippen LogP contribution < -0.4 is 16.6 Å². The second kappa shape index (κ2) is 11.8. The van der Waals surface area contributed by atoms with Gasteiger partial charge in [0.2, 0.25) is 0 Å². The molecule has 3 N–H and O–H groups in total. The average molecular weight is 550 g/mol. The zero-order valence-corrected chi connectivity index (χ0v) is 21.6. The normalized spacial score (nSPS) is 11.8. The number of benzene rings is 2. The molecule has 0 saturated heterocycles. The van der Waals surface area contributed by atoms with Gasteiger partial charge in [-0.05, 0) is 37.1 Å². The number of aliphatic imine (C=N–C) groups is 1. The van der Waals surface area contributed by atoms with Gasteiger partial charge in [-0.15, -0.1) is 0 Å². The van der Waals surface area contributed by atoms with E-state index in [-0.39, 0.29) is 56.9 Å². The van der Waals surface area contributed by atoms with Gasteiger partial charge >= 0.3 is 0 Å². The van der Waals surface area contributed by atoms with Crippen molar-refractivity contribution in [2.24, 2.45) is 4.99 Å². The molecule has 1 atom stereocenters. The summed E-state index contributed by atoms with van der Waals surface area (Å²) in [6.45, 7) is 5.43. The number of hydrogen-bond donors (Lipinski definition) is 2. The highest BCUT2D eigenvalue weighted by atomic mass is 35.5. The average Bonchev–Trinajstić information content (AvgIpc) is 2.87. The number of anilines is 2. The van der Waals surface area contributed by atoms with Crippen LogP contribution >= 0.6 is 11.6 Å². The number of hydrogen-bond acceptors (Lipinski definition) is 8. The summed E-state index contributed by atoms with van der Waals surface area (Å²) in [4.78, 5) is 30.7. The van der Waals surface area contributed by atoms with Gasteiger partial charge in [-0.25, -0.2) is 23.7 Å². The van der Waals surface area contributed by atoms with E-state index in [0.29, 0.717) is 6.07 Å². The molecule has 2 heterocycles. The Hall–Kier alpha value is -4.66. The molecule has 0 fully saturated rings. The Labute approximate surface area is 227 Å². The van der Waals surface area contributed by atoms with Crippen LogP contribution in [0.5, 0.6) is 0 Å². The Balaban J connectivity index is 1.95. The van der Waals surface area contributed by atoms with E-state index in [1.807, 2.05) is 0 Å². The number of halogens is 3. The van der Waals surface area contributed by atoms with Crippen molar-refractivity contribution in [3.05, 3.63) is 93.4 Å². The number of allylic oxidation sites excluding steroid dienone is 1. The van der Waals surface area contributed by atoms with Crippen LogP contribution in [0.1, 0.15) is 24.4 Å². The van der Waals surface area contributed by atoms with Gasteiger partial charge in [-0.2, -0.15) is 0 Å². The van der Waals surface area contributed by atoms with Crippen molar-refractivity contribution in [2.45, 2.75) is 13.0 Å². The van der Waals surface area contributed by atoms with Crippen LogP contribution in [-0.2, 0) is 4.74 Å². The lowest BCUT2D eigenvalue weighted by Crippen LogP contribution is -2.31. The number of nitrogens with one attached hydrogen (secondary N) is 1. The molecule has 0 spiro atoms. The molecule has 4 rings (SSSR count). The Morgan fingerprint density at radius 2 is 2.05 bits per heavy atom. The third-order valence-electron chi connectivity index (χ3n) is 5.43. The minimum Gasteiger partial charge on any atom is -0.382 e. The number of aromatic nitrogens is 4. The van der Waals surface area contributed by atoms with Gasteiger partial charge in [0.15, 0.2) is 0 Å². The summed E-state index contributed by atoms with van der Waals surface area (Å²) in [5.41, 5.74) is 6.14. The van der Waals surface area contributed by atoms with Crippen LogP contribution in [0.15, 0.2) is 64.8 Å². The number of nitrogen functional groups attached to an aromatic ring is 1. The maximum atomic E-state index is 14.3. The van der Waals surface area contributed by atoms with Crippen molar-refractivity contribution >= 4 is 40.4 Å². The first-order valence-corrected chi connectivity index (χ1v) is 11.8. The zero-order valence-electron chi connectivity index (χ0n) is 20.9. The van der Waals surface area contributed by atoms with E-state index in [1.165, 1.54) is 19.5 Å². The number of nitrogens with zero attached hydrogens (tertiary/aromatic N) is 5. The summed E-state index contributed by atoms with van der Waals surface area (Å²) in [6, 6.07) is 6.61. The largest absolute Gasteiger partial charge is 0.382 e. The number of methoxy groups -OCH3 is 1. The SMILES string of the molecule is C=C(C#Cc1c(N)ncnc1NC(COC)c1nc2cccc(Cl)c2c(=O)n1-c1cc(F)cc(F)c1)N=CC. The monoisotopic (exact) mass is 549 g/mol. The van der Waals surface area contributed by atoms with E-state index in [0.717, 1.165) is 16.7 Å². The summed E-state index contributed by atoms with van der Waals surface area (Å²) in [5.74, 6) is 4.21. The molecule has 39 heavy (non-hydrogen) atoms. The minimum absolute atomic E-state index is 0.0417. The van der Waals surface area contributed by atoms with Crippen molar-refractivity contribution in [3.63, 3.8) is 0 Å². The van der Waals surface area contributed by atoms with E-state index in [2.05, 4.69) is 43.7 Å². The van der Waals surface area contributed by atoms with Crippen LogP contribution in [0.2, 0.25) is 5.02 Å². The van der Waals surface area contributed by atoms with Crippen molar-refractivity contribution in [1.82, 2.24) is 19.5 Å². The van der Waals surface area contributed by atoms with Gasteiger partial charge in [-0.3, -0.25) is 14.4 Å². The standard InChI is InChI=1S/C27H22ClF2N7O2/c1-4-32-15(2)8-9-19-24(31)33-14-34-25(19)35-22(13-39-3)26-36-21-7-5-6-20(28)23(21)27(38)37(26)18-11-16(29)10-17(30)12-18/h4-7,10-12,14,22H,2,13H2,1,3H3,(H3,31,33,34,35). The summed E-state index contributed by atoms with van der Waals surface area (Å²) in [7, 11) is 1.44. The molecule has 0 saturated carbocycles. The van der Waals surface area contributed by atoms with Crippen molar-refractivity contribution in [3.8, 4) is 17.5 Å². The Kier molecular flexibility index (Phi) is 8.29. The van der Waals surface area contributed by atoms with Gasteiger partial charge in [0, 0.05) is 19.4 Å². The molecule has 4 aromatic rings. The quantitative estimate of drug-likeness (QED) is 0.258. The highest BCUT2D eigenvalue weighted by Crippen LogP contribution is 2.27. The summed E-state index contributed by atoms with van der Waals surface area (Å²) in [5, 5.41) is 3.35. The van der Waals surface area contributed by atoms with E-state index >= 15 is 0 Å². The van der Waals surface area contributed by atoms with Crippen molar-refractivity contribution < 1.29 is 13.5 Å². The molecule has 0 aliphatic heterocycles. The van der Waals surface area contributed by atoms with Crippen molar-refractivity contribution in [2.75, 3.05) is 24.8 Å². The fourth-order valence-corrected chi connectivity index (χ4v) is 4.08. The van der Waals surface area contributed by atoms with Gasteiger partial charge in [0.1, 0.15) is 52.7 Å². The van der Waals surface area contributed by atoms with E-state index in [4.69, 9.17) is 22.1 Å². The van der Waals surface area contributed by atoms with Gasteiger partial charge in [0.05, 0.1) is 28.2 Å². The van der Waals surface area contributed by atoms with E-state index in [9.17, 15) is 13.6 Å². The predicted molar refractivity (Wildman–Crippen MR) is 147 cm³/mol. The number of fused-ring (bicyclic) bond motifs is 1. The van der Waals surface area contributed by atoms with Crippen LogP contribution in [0, 0.1) is 23.5 Å². The Morgan fingerprint density at radius 1 is 1.31 bits per heavy atom. The van der Waals surface area contributed by atoms with E-state index in [1.54, 1.807) is 25.3 Å². The molecular formula is C27H22ClF2N7O2. The molecule has 0 radical (unpaired) electrons. The molecule has 1 unspecified atom stereocenters. The maximum absolute atomic E-state index is 14.3. The molecule has 0 aliphatic rings. The molecule has 2 aromatic carbocycles. The van der Waals surface area contributed by atoms with Gasteiger partial charge in [0.25, 0.3) is 5.56 Å². The molecule has 0 aliphatic carbocycles. The summed E-state index contributed by atoms with van der Waals surface area (Å²) >= 11 is 6.32. The molecule has 0 bridgehead atoms. The predicted octanol–water partition coefficient (Wildman–Crippen LogP) is 4.45. The topological polar surface area (TPSA) is 120 Å². The summed E-state index contributed by atoms with van der Waals surface area (Å²) in [6.07, 6.45) is 2.77. The highest BCUT2D eigenvalue weighted by molar-refractivity contribution is 6.35. The summed E-state index contributed by atoms with van der Waals surface area (Å²) < 4.78 is 35.0. The van der Waals surface area contributed by atoms with Gasteiger partial charge in [-0.1, -0.05) is 30.2 Å². The van der Waals surface area contributed by atoms with E-state index < -0.39 is 23.2 Å². The van der Waals surface area contributed by atoms with Crippen LogP contribution in [0.25, 0.3) is 16.6 Å². The third kappa shape index (κ3) is 5.93. The number of ether oxygens (including phenoxy) is 1.